The third-order valence-electron chi connectivity index (χ3n) is 5.02. The van der Waals surface area contributed by atoms with Gasteiger partial charge in [0.15, 0.2) is 11.0 Å². The number of nitrogens with zero attached hydrogens (tertiary/aromatic N) is 4. The van der Waals surface area contributed by atoms with Gasteiger partial charge in [-0.1, -0.05) is 35.0 Å². The number of pyridine rings is 1. The highest BCUT2D eigenvalue weighted by molar-refractivity contribution is 7.98. The van der Waals surface area contributed by atoms with E-state index in [0.717, 1.165) is 29.8 Å². The molecule has 1 aliphatic rings. The van der Waals surface area contributed by atoms with Crippen molar-refractivity contribution in [2.45, 2.75) is 11.3 Å². The Balaban J connectivity index is 1.95. The summed E-state index contributed by atoms with van der Waals surface area (Å²) in [5.41, 5.74) is 1.90. The Morgan fingerprint density at radius 1 is 1.03 bits per heavy atom. The molecule has 1 aromatic carbocycles. The molecule has 158 valence electrons. The number of thioether (sulfide) groups is 1. The molecule has 0 atom stereocenters. The zero-order chi connectivity index (χ0) is 21.4. The van der Waals surface area contributed by atoms with Gasteiger partial charge in [0.05, 0.1) is 36.1 Å². The Bertz CT molecular complexity index is 1080. The molecule has 30 heavy (non-hydrogen) atoms. The Kier molecular flexibility index (Phi) is 6.11. The molecule has 1 fully saturated rings. The van der Waals surface area contributed by atoms with Gasteiger partial charge < -0.3 is 19.1 Å². The van der Waals surface area contributed by atoms with Crippen LogP contribution in [0.4, 0.5) is 5.82 Å². The molecule has 3 heterocycles. The van der Waals surface area contributed by atoms with Gasteiger partial charge >= 0.3 is 0 Å². The summed E-state index contributed by atoms with van der Waals surface area (Å²) in [6.45, 7) is 1.45. The lowest BCUT2D eigenvalue weighted by atomic mass is 10.1. The van der Waals surface area contributed by atoms with Gasteiger partial charge in [-0.2, -0.15) is 0 Å². The lowest BCUT2D eigenvalue weighted by Gasteiger charge is -2.39. The van der Waals surface area contributed by atoms with Gasteiger partial charge in [-0.3, -0.25) is 0 Å². The Morgan fingerprint density at radius 2 is 1.70 bits per heavy atom. The lowest BCUT2D eigenvalue weighted by molar-refractivity contribution is 0.0785. The summed E-state index contributed by atoms with van der Waals surface area (Å²) < 4.78 is 16.2. The minimum absolute atomic E-state index is 0.163. The Morgan fingerprint density at radius 3 is 2.27 bits per heavy atom. The first-order valence-electron chi connectivity index (χ1n) is 9.10. The van der Waals surface area contributed by atoms with Crippen molar-refractivity contribution in [2.75, 3.05) is 45.6 Å². The number of hydrogen-bond donors (Lipinski definition) is 0. The molecule has 0 unspecified atom stereocenters. The van der Waals surface area contributed by atoms with E-state index in [4.69, 9.17) is 42.4 Å². The predicted octanol–water partition coefficient (Wildman–Crippen LogP) is 4.57. The summed E-state index contributed by atoms with van der Waals surface area (Å²) in [5, 5.41) is 2.24. The number of hydrogen-bond acceptors (Lipinski definition) is 8. The van der Waals surface area contributed by atoms with E-state index in [1.54, 1.807) is 33.6 Å². The second-order valence-electron chi connectivity index (χ2n) is 6.67. The van der Waals surface area contributed by atoms with Gasteiger partial charge in [0.25, 0.3) is 0 Å². The van der Waals surface area contributed by atoms with Crippen molar-refractivity contribution in [1.82, 2.24) is 15.0 Å². The van der Waals surface area contributed by atoms with Crippen LogP contribution in [0.25, 0.3) is 22.2 Å². The molecule has 10 heteroatoms. The van der Waals surface area contributed by atoms with Crippen molar-refractivity contribution < 1.29 is 14.2 Å². The van der Waals surface area contributed by atoms with Crippen molar-refractivity contribution >= 4 is 51.7 Å². The number of fused-ring (bicyclic) bond motifs is 1. The fourth-order valence-corrected chi connectivity index (χ4v) is 4.36. The van der Waals surface area contributed by atoms with Gasteiger partial charge in [0.1, 0.15) is 17.0 Å². The zero-order valence-electron chi connectivity index (χ0n) is 16.9. The first-order valence-corrected chi connectivity index (χ1v) is 11.1. The molecule has 2 aromatic heterocycles. The zero-order valence-corrected chi connectivity index (χ0v) is 19.2. The van der Waals surface area contributed by atoms with Crippen molar-refractivity contribution in [3.05, 3.63) is 28.4 Å². The van der Waals surface area contributed by atoms with Crippen LogP contribution in [0.2, 0.25) is 10.0 Å². The molecular weight excluding hydrogens is 447 g/mol. The molecule has 1 aliphatic heterocycles. The van der Waals surface area contributed by atoms with Crippen LogP contribution in [0.1, 0.15) is 0 Å². The maximum atomic E-state index is 6.63. The number of anilines is 1. The van der Waals surface area contributed by atoms with Crippen LogP contribution in [0.15, 0.2) is 23.5 Å². The van der Waals surface area contributed by atoms with Gasteiger partial charge in [0.2, 0.25) is 0 Å². The van der Waals surface area contributed by atoms with Crippen molar-refractivity contribution in [1.29, 1.82) is 0 Å². The number of benzene rings is 1. The second kappa shape index (κ2) is 8.63. The van der Waals surface area contributed by atoms with Crippen LogP contribution in [-0.4, -0.2) is 61.7 Å². The normalized spacial score (nSPS) is 14.1. The maximum Gasteiger partial charge on any atom is 0.187 e. The number of methoxy groups -OCH3 is 3. The first-order chi connectivity index (χ1) is 14.5. The van der Waals surface area contributed by atoms with Gasteiger partial charge in [0, 0.05) is 43.4 Å². The summed E-state index contributed by atoms with van der Waals surface area (Å²) in [6, 6.07) is 3.53. The topological polar surface area (TPSA) is 69.6 Å². The molecule has 0 amide bonds. The van der Waals surface area contributed by atoms with Crippen LogP contribution in [0.5, 0.6) is 11.5 Å². The van der Waals surface area contributed by atoms with Crippen molar-refractivity contribution in [3.63, 3.8) is 0 Å². The molecule has 7 nitrogen and oxygen atoms in total. The minimum Gasteiger partial charge on any atom is -0.495 e. The van der Waals surface area contributed by atoms with E-state index < -0.39 is 0 Å². The third-order valence-corrected chi connectivity index (χ3v) is 6.33. The third kappa shape index (κ3) is 3.62. The fourth-order valence-electron chi connectivity index (χ4n) is 3.32. The smallest absolute Gasteiger partial charge is 0.187 e. The summed E-state index contributed by atoms with van der Waals surface area (Å²) >= 11 is 14.7. The SMILES string of the molecule is COc1cc(OC)c(Cl)c(-c2cc3cnc(SC)nc3c(N3CC(OC)C3)n2)c1Cl. The predicted molar refractivity (Wildman–Crippen MR) is 121 cm³/mol. The van der Waals surface area contributed by atoms with Crippen LogP contribution >= 0.6 is 35.0 Å². The molecule has 1 saturated heterocycles. The Labute approximate surface area is 188 Å². The van der Waals surface area contributed by atoms with E-state index in [1.165, 1.54) is 11.8 Å². The lowest BCUT2D eigenvalue weighted by Crippen LogP contribution is -2.52. The molecule has 0 radical (unpaired) electrons. The van der Waals surface area contributed by atoms with Crippen molar-refractivity contribution in [2.24, 2.45) is 0 Å². The highest BCUT2D eigenvalue weighted by Gasteiger charge is 2.30. The van der Waals surface area contributed by atoms with E-state index in [1.807, 2.05) is 12.3 Å². The summed E-state index contributed by atoms with van der Waals surface area (Å²) in [4.78, 5) is 16.1. The van der Waals surface area contributed by atoms with Gasteiger partial charge in [-0.15, -0.1) is 0 Å². The second-order valence-corrected chi connectivity index (χ2v) is 8.20. The summed E-state index contributed by atoms with van der Waals surface area (Å²) in [5.74, 6) is 1.64. The number of rotatable bonds is 6. The van der Waals surface area contributed by atoms with Crippen LogP contribution < -0.4 is 14.4 Å². The number of halogens is 2. The first kappa shape index (κ1) is 21.2. The van der Waals surface area contributed by atoms with Crippen LogP contribution in [-0.2, 0) is 4.74 Å². The monoisotopic (exact) mass is 466 g/mol. The highest BCUT2D eigenvalue weighted by Crippen LogP contribution is 2.46. The van der Waals surface area contributed by atoms with E-state index >= 15 is 0 Å². The molecule has 0 N–H and O–H groups in total. The quantitative estimate of drug-likeness (QED) is 0.386. The van der Waals surface area contributed by atoms with Gasteiger partial charge in [-0.05, 0) is 12.3 Å². The van der Waals surface area contributed by atoms with Crippen molar-refractivity contribution in [3.8, 4) is 22.8 Å². The molecule has 4 rings (SSSR count). The van der Waals surface area contributed by atoms with E-state index in [-0.39, 0.29) is 6.10 Å². The average Bonchev–Trinajstić information content (AvgIpc) is 2.73. The minimum atomic E-state index is 0.163. The van der Waals surface area contributed by atoms with E-state index in [0.29, 0.717) is 38.0 Å². The largest absolute Gasteiger partial charge is 0.495 e. The van der Waals surface area contributed by atoms with E-state index in [9.17, 15) is 0 Å². The standard InChI is InChI=1S/C20H20Cl2N4O3S/c1-27-11-8-26(9-11)19-18-10(7-23-20(25-18)30-4)5-12(24-19)15-16(21)13(28-2)6-14(29-3)17(15)22/h5-7,11H,8-9H2,1-4H3. The summed E-state index contributed by atoms with van der Waals surface area (Å²) in [6.07, 6.45) is 3.89. The molecular formula is C20H20Cl2N4O3S. The van der Waals surface area contributed by atoms with E-state index in [2.05, 4.69) is 14.9 Å². The van der Waals surface area contributed by atoms with Crippen LogP contribution in [0.3, 0.4) is 0 Å². The summed E-state index contributed by atoms with van der Waals surface area (Å²) in [7, 11) is 4.79. The maximum absolute atomic E-state index is 6.63. The molecule has 0 spiro atoms. The number of aromatic nitrogens is 3. The number of ether oxygens (including phenoxy) is 3. The fraction of sp³-hybridized carbons (Fsp3) is 0.350. The average molecular weight is 467 g/mol. The molecule has 0 bridgehead atoms. The van der Waals surface area contributed by atoms with Gasteiger partial charge in [-0.25, -0.2) is 15.0 Å². The molecule has 3 aromatic rings. The highest BCUT2D eigenvalue weighted by atomic mass is 35.5. The van der Waals surface area contributed by atoms with Crippen LogP contribution in [0, 0.1) is 0 Å². The molecule has 0 aliphatic carbocycles. The molecule has 0 saturated carbocycles. The Hall–Kier alpha value is -2.00.